The summed E-state index contributed by atoms with van der Waals surface area (Å²) in [6, 6.07) is 5.61. The first-order valence-electron chi connectivity index (χ1n) is 40.7. The van der Waals surface area contributed by atoms with Crippen molar-refractivity contribution in [2.75, 3.05) is 32.8 Å². The van der Waals surface area contributed by atoms with E-state index in [-0.39, 0.29) is 103 Å². The quantitative estimate of drug-likeness (QED) is 0.0168. The van der Waals surface area contributed by atoms with Crippen molar-refractivity contribution in [1.29, 1.82) is 0 Å². The molecule has 0 aliphatic carbocycles. The number of hydrogen-bond acceptors (Lipinski definition) is 20. The van der Waals surface area contributed by atoms with Gasteiger partial charge in [0, 0.05) is 32.6 Å². The first kappa shape index (κ1) is 102. The maximum absolute atomic E-state index is 15.0. The van der Waals surface area contributed by atoms with Gasteiger partial charge in [-0.15, -0.1) is 0 Å². The topological polar surface area (TPSA) is 451 Å². The monoisotopic (exact) mass is 1640 g/mol. The van der Waals surface area contributed by atoms with Crippen LogP contribution in [0.3, 0.4) is 0 Å². The molecule has 0 radical (unpaired) electrons. The molecule has 116 heavy (non-hydrogen) atoms. The zero-order valence-corrected chi connectivity index (χ0v) is 72.2. The number of carbonyl (C=O) groups is 14. The van der Waals surface area contributed by atoms with Crippen molar-refractivity contribution in [1.82, 2.24) is 69.1 Å². The molecule has 654 valence electrons. The van der Waals surface area contributed by atoms with Crippen LogP contribution in [0.25, 0.3) is 0 Å². The van der Waals surface area contributed by atoms with Crippen LogP contribution in [0, 0.1) is 17.8 Å². The summed E-state index contributed by atoms with van der Waals surface area (Å²) < 4.78 is 32.2. The lowest BCUT2D eigenvalue weighted by Gasteiger charge is -2.31. The van der Waals surface area contributed by atoms with E-state index in [4.69, 9.17) is 28.4 Å². The predicted molar refractivity (Wildman–Crippen MR) is 438 cm³/mol. The molecule has 0 aromatic heterocycles. The number of alkyl carbamates (subject to hydrolysis) is 5. The van der Waals surface area contributed by atoms with Gasteiger partial charge in [-0.1, -0.05) is 109 Å². The van der Waals surface area contributed by atoms with Gasteiger partial charge in [-0.2, -0.15) is 0 Å². The molecule has 13 N–H and O–H groups in total. The number of benzene rings is 2. The van der Waals surface area contributed by atoms with Gasteiger partial charge in [0.25, 0.3) is 0 Å². The van der Waals surface area contributed by atoms with Crippen LogP contribution in [0.4, 0.5) is 24.0 Å². The SMILES string of the molecule is CCOC(=O)[C@H](CCCCNC(=O)OC(C)(C)C)NC(=O)[C@H](CCCCNC(=O)OC(C)(C)C)NC(=O)[C@H](CC(C)C)NC(=O)[C@@H](NC(=O)[C@H](CCCCNC(=O)OC(C)(C)C)NC(=O)[C@@H](NC(=O)[C@H](Cc1ccccc1)NC(=O)[C@H](C)NC(=O)[C@H](CCCCNC(=O)OC(C)(C)C)NC(=O)OCc1ccccc1)C(C)C)[C@@H](C)CC. The van der Waals surface area contributed by atoms with E-state index in [1.165, 1.54) is 6.92 Å². The number of nitrogens with one attached hydrogen (secondary N) is 13. The highest BCUT2D eigenvalue weighted by molar-refractivity contribution is 5.98. The maximum Gasteiger partial charge on any atom is 0.408 e. The summed E-state index contributed by atoms with van der Waals surface area (Å²) in [4.78, 5) is 194. The van der Waals surface area contributed by atoms with Gasteiger partial charge in [-0.25, -0.2) is 28.8 Å². The van der Waals surface area contributed by atoms with Crippen molar-refractivity contribution in [2.24, 2.45) is 17.8 Å². The van der Waals surface area contributed by atoms with E-state index < -0.39 is 172 Å². The molecule has 2 aromatic carbocycles. The third kappa shape index (κ3) is 45.4. The Kier molecular flexibility index (Phi) is 45.6. The molecule has 10 atom stereocenters. The fourth-order valence-electron chi connectivity index (χ4n) is 11.4. The second-order valence-corrected chi connectivity index (χ2v) is 33.7. The van der Waals surface area contributed by atoms with Crippen LogP contribution in [0.1, 0.15) is 239 Å². The standard InChI is InChI=1S/C83H137N13O20/c1-21-54(7)65(73(104)93-62(49-52(3)4)70(101)89-58(41-29-33-45-84-75(106)113-80(9,10)11)68(99)91-61(74(105)111-22-2)44-32-36-48-87-78(109)116-83(18,19)20)96-69(100)59(42-30-34-46-85-76(107)114-81(12,13)14)90-72(103)64(53(5)6)95-71(102)63(50-56-37-25-23-26-38-56)92-66(97)55(8)88-67(98)60(43-31-35-47-86-77(108)115-82(15,16)17)94-79(110)112-51-57-39-27-24-28-40-57/h23-28,37-40,52-55,58-65H,21-22,29-36,41-51H2,1-20H3,(H,84,106)(H,85,107)(H,86,108)(H,87,109)(H,88,98)(H,89,101)(H,90,103)(H,91,99)(H,92,97)(H,93,104)(H,94,110)(H,95,102)(H,96,100)/t54-,55-,58-,59-,60-,61-,62-,63-,64-,65-/m0/s1. The largest absolute Gasteiger partial charge is 0.464 e. The first-order valence-corrected chi connectivity index (χ1v) is 40.7. The van der Waals surface area contributed by atoms with Crippen LogP contribution in [0.2, 0.25) is 0 Å². The van der Waals surface area contributed by atoms with Gasteiger partial charge in [-0.3, -0.25) is 38.4 Å². The summed E-state index contributed by atoms with van der Waals surface area (Å²) in [6.07, 6.45) is -0.701. The number of unbranched alkanes of at least 4 members (excludes halogenated alkanes) is 4. The fourth-order valence-corrected chi connectivity index (χ4v) is 11.4. The zero-order valence-electron chi connectivity index (χ0n) is 72.2. The van der Waals surface area contributed by atoms with Crippen molar-refractivity contribution in [3.8, 4) is 0 Å². The van der Waals surface area contributed by atoms with Crippen LogP contribution in [-0.4, -0.2) is 193 Å². The average molecular weight is 1640 g/mol. The van der Waals surface area contributed by atoms with Crippen molar-refractivity contribution in [3.05, 3.63) is 71.8 Å². The molecule has 33 nitrogen and oxygen atoms in total. The maximum atomic E-state index is 15.0. The lowest BCUT2D eigenvalue weighted by molar-refractivity contribution is -0.148. The number of amides is 13. The smallest absolute Gasteiger partial charge is 0.408 e. The van der Waals surface area contributed by atoms with Crippen molar-refractivity contribution >= 4 is 83.7 Å². The second-order valence-electron chi connectivity index (χ2n) is 33.7. The molecule has 0 saturated heterocycles. The molecule has 0 spiro atoms. The van der Waals surface area contributed by atoms with Crippen molar-refractivity contribution < 1.29 is 95.5 Å². The number of carbonyl (C=O) groups excluding carboxylic acids is 14. The van der Waals surface area contributed by atoms with Crippen LogP contribution < -0.4 is 69.1 Å². The Morgan fingerprint density at radius 3 is 1.08 bits per heavy atom. The van der Waals surface area contributed by atoms with Gasteiger partial charge in [0.05, 0.1) is 6.61 Å². The van der Waals surface area contributed by atoms with E-state index >= 15 is 4.79 Å². The third-order valence-electron chi connectivity index (χ3n) is 17.4. The average Bonchev–Trinajstić information content (AvgIpc) is 0.842. The molecule has 0 heterocycles. The Hall–Kier alpha value is -9.98. The van der Waals surface area contributed by atoms with Gasteiger partial charge < -0.3 is 97.5 Å². The highest BCUT2D eigenvalue weighted by atomic mass is 16.6. The van der Waals surface area contributed by atoms with Gasteiger partial charge in [0.1, 0.15) is 83.4 Å². The van der Waals surface area contributed by atoms with Gasteiger partial charge in [0.2, 0.25) is 47.3 Å². The van der Waals surface area contributed by atoms with E-state index in [1.807, 2.05) is 13.8 Å². The lowest BCUT2D eigenvalue weighted by Crippen LogP contribution is -2.62. The Bertz CT molecular complexity index is 3430. The normalized spacial score (nSPS) is 14.2. The van der Waals surface area contributed by atoms with Crippen LogP contribution >= 0.6 is 0 Å². The molecule has 13 amide bonds. The Labute approximate surface area is 685 Å². The molecule has 0 aliphatic rings. The number of hydrogen-bond donors (Lipinski definition) is 13. The summed E-state index contributed by atoms with van der Waals surface area (Å²) in [5.74, 6) is -8.65. The van der Waals surface area contributed by atoms with Crippen molar-refractivity contribution in [3.63, 3.8) is 0 Å². The molecule has 0 unspecified atom stereocenters. The van der Waals surface area contributed by atoms with Crippen LogP contribution in [0.15, 0.2) is 60.7 Å². The molecule has 0 saturated carbocycles. The van der Waals surface area contributed by atoms with E-state index in [0.29, 0.717) is 49.7 Å². The van der Waals surface area contributed by atoms with Crippen LogP contribution in [0.5, 0.6) is 0 Å². The summed E-state index contributed by atoms with van der Waals surface area (Å²) in [5, 5.41) is 35.5. The molecular formula is C83H137N13O20. The first-order chi connectivity index (χ1) is 54.2. The predicted octanol–water partition coefficient (Wildman–Crippen LogP) is 8.51. The highest BCUT2D eigenvalue weighted by Gasteiger charge is 2.38. The summed E-state index contributed by atoms with van der Waals surface area (Å²) in [5.41, 5.74) is -1.74. The Morgan fingerprint density at radius 2 is 0.672 bits per heavy atom. The number of ether oxygens (including phenoxy) is 6. The van der Waals surface area contributed by atoms with E-state index in [2.05, 4.69) is 69.1 Å². The Morgan fingerprint density at radius 1 is 0.336 bits per heavy atom. The molecule has 33 heteroatoms. The number of esters is 1. The minimum absolute atomic E-state index is 0.00566. The molecule has 2 rings (SSSR count). The minimum atomic E-state index is -1.41. The van der Waals surface area contributed by atoms with E-state index in [0.717, 1.165) is 0 Å². The summed E-state index contributed by atoms with van der Waals surface area (Å²) in [7, 11) is 0. The Balaban J connectivity index is 2.58. The van der Waals surface area contributed by atoms with Gasteiger partial charge in [-0.05, 0) is 209 Å². The van der Waals surface area contributed by atoms with Gasteiger partial charge in [0.15, 0.2) is 0 Å². The summed E-state index contributed by atoms with van der Waals surface area (Å²) >= 11 is 0. The minimum Gasteiger partial charge on any atom is -0.464 e. The molecule has 0 aliphatic heterocycles. The van der Waals surface area contributed by atoms with E-state index in [9.17, 15) is 62.3 Å². The third-order valence-corrected chi connectivity index (χ3v) is 17.4. The lowest BCUT2D eigenvalue weighted by atomic mass is 9.95. The molecule has 2 aromatic rings. The zero-order chi connectivity index (χ0) is 87.5. The molecular weight excluding hydrogens is 1500 g/mol. The van der Waals surface area contributed by atoms with E-state index in [1.54, 1.807) is 178 Å². The fraction of sp³-hybridized carbons (Fsp3) is 0.687. The molecule has 0 bridgehead atoms. The highest BCUT2D eigenvalue weighted by Crippen LogP contribution is 2.18. The summed E-state index contributed by atoms with van der Waals surface area (Å²) in [6.45, 7) is 34.6. The second kappa shape index (κ2) is 51.9. The number of rotatable bonds is 48. The van der Waals surface area contributed by atoms with Crippen LogP contribution in [-0.2, 0) is 84.6 Å². The van der Waals surface area contributed by atoms with Crippen molar-refractivity contribution in [2.45, 2.75) is 318 Å². The molecule has 0 fully saturated rings. The van der Waals surface area contributed by atoms with Gasteiger partial charge >= 0.3 is 36.4 Å².